The lowest BCUT2D eigenvalue weighted by Gasteiger charge is -2.10. The summed E-state index contributed by atoms with van der Waals surface area (Å²) < 4.78 is 71.4. The van der Waals surface area contributed by atoms with E-state index in [4.69, 9.17) is 11.6 Å². The third-order valence-electron chi connectivity index (χ3n) is 3.36. The molecule has 138 valence electrons. The summed E-state index contributed by atoms with van der Waals surface area (Å²) in [4.78, 5) is 5.74. The Labute approximate surface area is 151 Å². The molecule has 0 radical (unpaired) electrons. The highest BCUT2D eigenvalue weighted by molar-refractivity contribution is 7.93. The number of aromatic nitrogens is 2. The fraction of sp³-hybridized carbons (Fsp3) is 0.133. The minimum absolute atomic E-state index is 0.191. The molecule has 2 N–H and O–H groups in total. The maximum Gasteiger partial charge on any atom is 0.265 e. The lowest BCUT2D eigenvalue weighted by molar-refractivity contribution is 0.258. The van der Waals surface area contributed by atoms with Gasteiger partial charge in [-0.1, -0.05) is 11.6 Å². The van der Waals surface area contributed by atoms with Gasteiger partial charge in [0.2, 0.25) is 0 Å². The zero-order chi connectivity index (χ0) is 18.9. The molecule has 0 fully saturated rings. The number of hydrogen-bond donors (Lipinski definition) is 2. The molecule has 2 heterocycles. The summed E-state index contributed by atoms with van der Waals surface area (Å²) >= 11 is 5.84. The molecule has 11 heteroatoms. The highest BCUT2D eigenvalue weighted by atomic mass is 35.5. The number of rotatable bonds is 6. The number of H-pyrrole nitrogens is 1. The zero-order valence-corrected chi connectivity index (χ0v) is 14.5. The van der Waals surface area contributed by atoms with E-state index in [1.165, 1.54) is 24.4 Å². The smallest absolute Gasteiger partial charge is 0.265 e. The van der Waals surface area contributed by atoms with Gasteiger partial charge in [0.05, 0.1) is 0 Å². The van der Waals surface area contributed by atoms with Gasteiger partial charge < -0.3 is 9.72 Å². The minimum Gasteiger partial charge on any atom is -0.486 e. The highest BCUT2D eigenvalue weighted by Crippen LogP contribution is 2.28. The molecule has 0 bridgehead atoms. The van der Waals surface area contributed by atoms with Crippen molar-refractivity contribution in [2.24, 2.45) is 0 Å². The van der Waals surface area contributed by atoms with Crippen LogP contribution in [0.3, 0.4) is 0 Å². The molecular formula is C15H11ClF3N3O3S. The Bertz CT molecular complexity index is 1070. The van der Waals surface area contributed by atoms with E-state index < -0.39 is 46.6 Å². The number of aromatic amines is 1. The van der Waals surface area contributed by atoms with Crippen molar-refractivity contribution in [2.45, 2.75) is 4.90 Å². The number of nitrogens with one attached hydrogen (secondary N) is 2. The van der Waals surface area contributed by atoms with Gasteiger partial charge in [-0.25, -0.2) is 17.2 Å². The first-order chi connectivity index (χ1) is 12.3. The minimum atomic E-state index is -4.27. The molecule has 1 aromatic carbocycles. The van der Waals surface area contributed by atoms with Crippen molar-refractivity contribution < 1.29 is 26.3 Å². The third kappa shape index (κ3) is 3.56. The fourth-order valence-corrected chi connectivity index (χ4v) is 3.61. The van der Waals surface area contributed by atoms with Gasteiger partial charge in [0.1, 0.15) is 18.2 Å². The molecule has 0 saturated heterocycles. The molecule has 26 heavy (non-hydrogen) atoms. The summed E-state index contributed by atoms with van der Waals surface area (Å²) in [5.41, 5.74) is 0.451. The molecule has 0 unspecified atom stereocenters. The van der Waals surface area contributed by atoms with Crippen LogP contribution in [-0.4, -0.2) is 31.7 Å². The average Bonchev–Trinajstić information content (AvgIpc) is 3.00. The van der Waals surface area contributed by atoms with Crippen LogP contribution in [0.4, 0.5) is 19.0 Å². The molecule has 3 rings (SSSR count). The number of fused-ring (bicyclic) bond motifs is 1. The number of ether oxygens (including phenoxy) is 1. The van der Waals surface area contributed by atoms with Crippen LogP contribution in [0.15, 0.2) is 35.4 Å². The SMILES string of the molecule is O=S(=O)(Nc1nc(F)c(OCCF)cc1F)c1c[nH]c2cc(Cl)ccc12. The Morgan fingerprint density at radius 3 is 2.77 bits per heavy atom. The van der Waals surface area contributed by atoms with Crippen LogP contribution in [0.1, 0.15) is 0 Å². The highest BCUT2D eigenvalue weighted by Gasteiger charge is 2.23. The number of hydrogen-bond acceptors (Lipinski definition) is 4. The molecule has 0 aliphatic heterocycles. The van der Waals surface area contributed by atoms with Gasteiger partial charge in [-0.15, -0.1) is 0 Å². The van der Waals surface area contributed by atoms with E-state index in [1.54, 1.807) is 0 Å². The molecular weight excluding hydrogens is 395 g/mol. The van der Waals surface area contributed by atoms with Gasteiger partial charge in [0.25, 0.3) is 16.0 Å². The first-order valence-corrected chi connectivity index (χ1v) is 9.02. The number of halogens is 4. The maximum atomic E-state index is 14.0. The molecule has 0 amide bonds. The second-order valence-corrected chi connectivity index (χ2v) is 7.18. The fourth-order valence-electron chi connectivity index (χ4n) is 2.25. The molecule has 0 atom stereocenters. The van der Waals surface area contributed by atoms with Gasteiger partial charge in [-0.2, -0.15) is 9.37 Å². The Morgan fingerprint density at radius 2 is 2.04 bits per heavy atom. The van der Waals surface area contributed by atoms with Crippen molar-refractivity contribution in [1.29, 1.82) is 0 Å². The van der Waals surface area contributed by atoms with Gasteiger partial charge >= 0.3 is 0 Å². The monoisotopic (exact) mass is 405 g/mol. The normalized spacial score (nSPS) is 11.7. The average molecular weight is 406 g/mol. The molecule has 0 aliphatic carbocycles. The van der Waals surface area contributed by atoms with E-state index in [0.29, 0.717) is 22.0 Å². The van der Waals surface area contributed by atoms with E-state index >= 15 is 0 Å². The Kier molecular flexibility index (Phi) is 4.97. The van der Waals surface area contributed by atoms with E-state index in [2.05, 4.69) is 14.7 Å². The molecule has 6 nitrogen and oxygen atoms in total. The summed E-state index contributed by atoms with van der Waals surface area (Å²) in [6.45, 7) is -1.39. The summed E-state index contributed by atoms with van der Waals surface area (Å²) in [7, 11) is -4.27. The van der Waals surface area contributed by atoms with Crippen LogP contribution in [0, 0.1) is 11.8 Å². The van der Waals surface area contributed by atoms with Gasteiger partial charge in [-0.3, -0.25) is 4.72 Å². The van der Waals surface area contributed by atoms with Crippen molar-refractivity contribution in [2.75, 3.05) is 18.0 Å². The molecule has 3 aromatic rings. The van der Waals surface area contributed by atoms with E-state index in [0.717, 1.165) is 0 Å². The summed E-state index contributed by atoms with van der Waals surface area (Å²) in [6, 6.07) is 5.07. The molecule has 0 spiro atoms. The van der Waals surface area contributed by atoms with Crippen molar-refractivity contribution in [3.63, 3.8) is 0 Å². The Morgan fingerprint density at radius 1 is 1.27 bits per heavy atom. The van der Waals surface area contributed by atoms with Crippen molar-refractivity contribution in [3.8, 4) is 5.75 Å². The number of benzene rings is 1. The van der Waals surface area contributed by atoms with E-state index in [1.807, 2.05) is 4.72 Å². The number of alkyl halides is 1. The van der Waals surface area contributed by atoms with E-state index in [9.17, 15) is 21.6 Å². The third-order valence-corrected chi connectivity index (χ3v) is 4.97. The zero-order valence-electron chi connectivity index (χ0n) is 12.9. The van der Waals surface area contributed by atoms with Crippen LogP contribution in [-0.2, 0) is 10.0 Å². The Hall–Kier alpha value is -2.46. The molecule has 0 saturated carbocycles. The quantitative estimate of drug-likeness (QED) is 0.613. The van der Waals surface area contributed by atoms with Crippen molar-refractivity contribution in [3.05, 3.63) is 47.2 Å². The van der Waals surface area contributed by atoms with Crippen molar-refractivity contribution in [1.82, 2.24) is 9.97 Å². The number of nitrogens with zero attached hydrogens (tertiary/aromatic N) is 1. The van der Waals surface area contributed by atoms with Crippen LogP contribution in [0.5, 0.6) is 5.75 Å². The topological polar surface area (TPSA) is 84.1 Å². The summed E-state index contributed by atoms with van der Waals surface area (Å²) in [5, 5.41) is 0.709. The second-order valence-electron chi connectivity index (χ2n) is 5.09. The lowest BCUT2D eigenvalue weighted by Crippen LogP contribution is -2.16. The van der Waals surface area contributed by atoms with E-state index in [-0.39, 0.29) is 4.90 Å². The van der Waals surface area contributed by atoms with Crippen LogP contribution < -0.4 is 9.46 Å². The number of sulfonamides is 1. The largest absolute Gasteiger partial charge is 0.486 e. The van der Waals surface area contributed by atoms with Gasteiger partial charge in [0, 0.05) is 28.2 Å². The number of pyridine rings is 1. The predicted octanol–water partition coefficient (Wildman–Crippen LogP) is 3.64. The van der Waals surface area contributed by atoms with Crippen molar-refractivity contribution >= 4 is 38.3 Å². The lowest BCUT2D eigenvalue weighted by atomic mass is 10.2. The predicted molar refractivity (Wildman–Crippen MR) is 89.7 cm³/mol. The maximum absolute atomic E-state index is 14.0. The van der Waals surface area contributed by atoms with Crippen LogP contribution in [0.25, 0.3) is 10.9 Å². The van der Waals surface area contributed by atoms with Gasteiger partial charge in [0.15, 0.2) is 17.4 Å². The molecule has 2 aromatic heterocycles. The van der Waals surface area contributed by atoms with Gasteiger partial charge in [-0.05, 0) is 18.2 Å². The first-order valence-electron chi connectivity index (χ1n) is 7.16. The summed E-state index contributed by atoms with van der Waals surface area (Å²) in [5.74, 6) is -3.92. The standard InChI is InChI=1S/C15H11ClF3N3O3S/c16-8-1-2-9-11(5-8)20-7-13(9)26(23,24)22-15-10(18)6-12(14(19)21-15)25-4-3-17/h1-2,5-7,20H,3-4H2,(H,21,22). The Balaban J connectivity index is 1.95. The second kappa shape index (κ2) is 7.04. The molecule has 0 aliphatic rings. The van der Waals surface area contributed by atoms with Crippen LogP contribution in [0.2, 0.25) is 5.02 Å². The number of anilines is 1. The first kappa shape index (κ1) is 18.3. The van der Waals surface area contributed by atoms with Crippen LogP contribution >= 0.6 is 11.6 Å². The summed E-state index contributed by atoms with van der Waals surface area (Å²) in [6.07, 6.45) is 1.19.